The van der Waals surface area contributed by atoms with Gasteiger partial charge in [-0.15, -0.1) is 0 Å². The molecule has 0 amide bonds. The van der Waals surface area contributed by atoms with Gasteiger partial charge in [0.25, 0.3) is 0 Å². The van der Waals surface area contributed by atoms with Crippen LogP contribution >= 0.6 is 0 Å². The Bertz CT molecular complexity index is 1300. The molecular weight excluding hydrogens is 568 g/mol. The molecule has 4 fully saturated rings. The zero-order chi connectivity index (χ0) is 33.5. The predicted molar refractivity (Wildman–Crippen MR) is 172 cm³/mol. The van der Waals surface area contributed by atoms with Gasteiger partial charge in [0.1, 0.15) is 12.7 Å². The summed E-state index contributed by atoms with van der Waals surface area (Å²) in [5.41, 5.74) is -0.361. The fourth-order valence-corrected chi connectivity index (χ4v) is 11.7. The molecule has 0 aromatic carbocycles. The summed E-state index contributed by atoms with van der Waals surface area (Å²) in [5.74, 6) is -0.706. The van der Waals surface area contributed by atoms with E-state index < -0.39 is 16.8 Å². The van der Waals surface area contributed by atoms with Gasteiger partial charge in [0, 0.05) is 11.8 Å². The van der Waals surface area contributed by atoms with Gasteiger partial charge in [0.2, 0.25) is 0 Å². The Morgan fingerprint density at radius 2 is 1.56 bits per heavy atom. The molecule has 252 valence electrons. The number of hydrogen-bond acceptors (Lipinski definition) is 6. The van der Waals surface area contributed by atoms with Crippen molar-refractivity contribution < 1.29 is 33.8 Å². The van der Waals surface area contributed by atoms with E-state index in [4.69, 9.17) is 9.47 Å². The number of hydrogen-bond donors (Lipinski definition) is 1. The van der Waals surface area contributed by atoms with Gasteiger partial charge < -0.3 is 14.6 Å². The summed E-state index contributed by atoms with van der Waals surface area (Å²) in [4.78, 5) is 52.0. The first-order valence-corrected chi connectivity index (χ1v) is 17.5. The fourth-order valence-electron chi connectivity index (χ4n) is 11.7. The van der Waals surface area contributed by atoms with Crippen LogP contribution in [-0.4, -0.2) is 41.5 Å². The number of carbonyl (C=O) groups is 4. The summed E-state index contributed by atoms with van der Waals surface area (Å²) in [6.07, 6.45) is 6.88. The van der Waals surface area contributed by atoms with Crippen LogP contribution in [0.1, 0.15) is 133 Å². The van der Waals surface area contributed by atoms with E-state index in [1.807, 2.05) is 13.8 Å². The topological polar surface area (TPSA) is 107 Å². The average molecular weight is 627 g/mol. The van der Waals surface area contributed by atoms with E-state index >= 15 is 0 Å². The summed E-state index contributed by atoms with van der Waals surface area (Å²) in [7, 11) is 0. The molecule has 0 bridgehead atoms. The molecule has 0 spiro atoms. The zero-order valence-corrected chi connectivity index (χ0v) is 29.6. The van der Waals surface area contributed by atoms with E-state index in [1.54, 1.807) is 20.8 Å². The van der Waals surface area contributed by atoms with Crippen LogP contribution in [0, 0.1) is 56.2 Å². The highest BCUT2D eigenvalue weighted by Crippen LogP contribution is 2.76. The van der Waals surface area contributed by atoms with Crippen molar-refractivity contribution in [3.8, 4) is 0 Å². The molecule has 0 aromatic rings. The second-order valence-electron chi connectivity index (χ2n) is 18.1. The Labute approximate surface area is 270 Å². The highest BCUT2D eigenvalue weighted by atomic mass is 16.6. The molecule has 5 aliphatic carbocycles. The molecule has 0 saturated heterocycles. The van der Waals surface area contributed by atoms with Crippen LogP contribution in [0.5, 0.6) is 0 Å². The molecule has 0 radical (unpaired) electrons. The van der Waals surface area contributed by atoms with E-state index in [-0.39, 0.29) is 76.8 Å². The quantitative estimate of drug-likeness (QED) is 0.298. The lowest BCUT2D eigenvalue weighted by atomic mass is 9.32. The number of allylic oxidation sites excluding steroid dienone is 1. The lowest BCUT2D eigenvalue weighted by molar-refractivity contribution is -0.249. The molecule has 1 N–H and O–H groups in total. The second-order valence-corrected chi connectivity index (χ2v) is 18.1. The number of fused-ring (bicyclic) bond motifs is 7. The zero-order valence-electron chi connectivity index (χ0n) is 29.6. The molecule has 5 aliphatic rings. The normalized spacial score (nSPS) is 40.6. The Balaban J connectivity index is 1.48. The third kappa shape index (κ3) is 4.94. The monoisotopic (exact) mass is 626 g/mol. The van der Waals surface area contributed by atoms with Crippen LogP contribution in [0.3, 0.4) is 0 Å². The van der Waals surface area contributed by atoms with Gasteiger partial charge >= 0.3 is 17.9 Å². The number of esters is 2. The Morgan fingerprint density at radius 1 is 0.889 bits per heavy atom. The van der Waals surface area contributed by atoms with Gasteiger partial charge in [0.15, 0.2) is 5.78 Å². The lowest BCUT2D eigenvalue weighted by Crippen LogP contribution is -2.67. The molecule has 1 unspecified atom stereocenters. The van der Waals surface area contributed by atoms with E-state index in [9.17, 15) is 24.3 Å². The van der Waals surface area contributed by atoms with Crippen LogP contribution in [-0.2, 0) is 28.7 Å². The predicted octanol–water partition coefficient (Wildman–Crippen LogP) is 7.94. The number of Topliss-reactive ketones (excluding diaryl/α,β-unsaturated/α-hetero) is 1. The van der Waals surface area contributed by atoms with Crippen LogP contribution in [0.25, 0.3) is 0 Å². The average Bonchev–Trinajstić information content (AvgIpc) is 3.23. The maximum Gasteiger partial charge on any atom is 0.314 e. The van der Waals surface area contributed by atoms with E-state index in [0.29, 0.717) is 18.3 Å². The van der Waals surface area contributed by atoms with Gasteiger partial charge in [-0.25, -0.2) is 0 Å². The summed E-state index contributed by atoms with van der Waals surface area (Å²) in [6.45, 7) is 21.5. The number of carboxylic acid groups (broad SMARTS) is 1. The molecular formula is C38H58O7. The first-order valence-electron chi connectivity index (χ1n) is 17.5. The maximum atomic E-state index is 13.5. The molecule has 7 nitrogen and oxygen atoms in total. The molecule has 0 heterocycles. The van der Waals surface area contributed by atoms with Crippen LogP contribution in [0.2, 0.25) is 0 Å². The molecule has 7 heteroatoms. The van der Waals surface area contributed by atoms with Crippen LogP contribution < -0.4 is 0 Å². The number of ketones is 1. The van der Waals surface area contributed by atoms with E-state index in [0.717, 1.165) is 56.1 Å². The third-order valence-corrected chi connectivity index (χ3v) is 14.1. The summed E-state index contributed by atoms with van der Waals surface area (Å²) >= 11 is 0. The molecule has 8 atom stereocenters. The van der Waals surface area contributed by atoms with Gasteiger partial charge in [-0.1, -0.05) is 48.5 Å². The molecule has 4 saturated carbocycles. The van der Waals surface area contributed by atoms with Gasteiger partial charge in [0.05, 0.1) is 17.3 Å². The highest BCUT2D eigenvalue weighted by molar-refractivity contribution is 6.05. The van der Waals surface area contributed by atoms with Gasteiger partial charge in [-0.2, -0.15) is 0 Å². The van der Waals surface area contributed by atoms with Crippen molar-refractivity contribution in [1.29, 1.82) is 0 Å². The summed E-state index contributed by atoms with van der Waals surface area (Å²) < 4.78 is 11.8. The van der Waals surface area contributed by atoms with Crippen molar-refractivity contribution in [3.05, 3.63) is 11.1 Å². The van der Waals surface area contributed by atoms with E-state index in [1.165, 1.54) is 0 Å². The molecule has 0 aliphatic heterocycles. The smallest absolute Gasteiger partial charge is 0.314 e. The lowest BCUT2D eigenvalue weighted by Gasteiger charge is -2.72. The van der Waals surface area contributed by atoms with Crippen molar-refractivity contribution in [2.45, 2.75) is 140 Å². The number of rotatable bonds is 6. The van der Waals surface area contributed by atoms with Crippen molar-refractivity contribution in [3.63, 3.8) is 0 Å². The Morgan fingerprint density at radius 3 is 2.16 bits per heavy atom. The van der Waals surface area contributed by atoms with Gasteiger partial charge in [-0.05, 0) is 123 Å². The SMILES string of the molecule is CC(C)C1=C2[C@H]3CC[C@@H]4[C@@]5(C)C(OC(=O)CCOC(=O)C(C)(C)C)CCC(C)(C)[C@@H]5CC[C@@]4(C)[C@]3(C)CC[C@@]2(C(=O)O)CC1=O. The minimum Gasteiger partial charge on any atom is -0.481 e. The highest BCUT2D eigenvalue weighted by Gasteiger charge is 2.72. The summed E-state index contributed by atoms with van der Waals surface area (Å²) in [5, 5.41) is 10.6. The third-order valence-electron chi connectivity index (χ3n) is 14.1. The molecule has 45 heavy (non-hydrogen) atoms. The minimum absolute atomic E-state index is 0.000432. The van der Waals surface area contributed by atoms with Gasteiger partial charge in [-0.3, -0.25) is 19.2 Å². The van der Waals surface area contributed by atoms with Crippen molar-refractivity contribution in [2.75, 3.05) is 6.61 Å². The number of carbonyl (C=O) groups excluding carboxylic acids is 3. The van der Waals surface area contributed by atoms with Crippen LogP contribution in [0.4, 0.5) is 0 Å². The standard InChI is InChI=1S/C38H58O7/c1-22(2)29-24(39)21-38(31(41)42)19-18-35(8)23(30(29)38)11-12-26-36(35,9)17-13-25-34(6,7)16-14-27(37(25,26)10)45-28(40)15-20-44-32(43)33(3,4)5/h22-23,25-27H,11-21H2,1-10H3,(H,41,42)/t23-,25+,26+,27?,35-,36-,37+,38-/m1/s1. The Hall–Kier alpha value is -2.18. The van der Waals surface area contributed by atoms with Crippen molar-refractivity contribution >= 4 is 23.7 Å². The Kier molecular flexibility index (Phi) is 8.30. The number of aliphatic carboxylic acids is 1. The van der Waals surface area contributed by atoms with E-state index in [2.05, 4.69) is 34.6 Å². The number of ether oxygens (including phenoxy) is 2. The largest absolute Gasteiger partial charge is 0.481 e. The van der Waals surface area contributed by atoms with Crippen LogP contribution in [0.15, 0.2) is 11.1 Å². The molecule has 5 rings (SSSR count). The summed E-state index contributed by atoms with van der Waals surface area (Å²) in [6, 6.07) is 0. The fraction of sp³-hybridized carbons (Fsp3) is 0.842. The first kappa shape index (κ1) is 34.2. The molecule has 0 aromatic heterocycles. The maximum absolute atomic E-state index is 13.5. The minimum atomic E-state index is -1.06. The first-order chi connectivity index (χ1) is 20.7. The second kappa shape index (κ2) is 10.9. The number of carboxylic acids is 1. The van der Waals surface area contributed by atoms with Crippen molar-refractivity contribution in [1.82, 2.24) is 0 Å². The van der Waals surface area contributed by atoms with Crippen molar-refractivity contribution in [2.24, 2.45) is 56.2 Å².